The van der Waals surface area contributed by atoms with Crippen LogP contribution in [0.25, 0.3) is 0 Å². The third-order valence-electron chi connectivity index (χ3n) is 7.79. The van der Waals surface area contributed by atoms with Crippen LogP contribution in [0.4, 0.5) is 13.2 Å². The van der Waals surface area contributed by atoms with Crippen LogP contribution in [0.3, 0.4) is 0 Å². The van der Waals surface area contributed by atoms with Crippen LogP contribution in [-0.2, 0) is 19.1 Å². The predicted molar refractivity (Wildman–Crippen MR) is 110 cm³/mol. The molecule has 4 rings (SSSR count). The van der Waals surface area contributed by atoms with Crippen molar-refractivity contribution in [2.75, 3.05) is 0 Å². The second kappa shape index (κ2) is 7.11. The summed E-state index contributed by atoms with van der Waals surface area (Å²) in [5.74, 6) is -2.21. The monoisotopic (exact) mass is 446 g/mol. The number of rotatable bonds is 4. The SMILES string of the molecule is CC(C)(C)CC(C)(C(=O)OC12CC3CC(CC(OC(=O)C(F)(F)F)(C3)C1)C2)C(C)(C)C. The zero-order chi connectivity index (χ0) is 23.7. The molecule has 0 heterocycles. The van der Waals surface area contributed by atoms with Gasteiger partial charge in [0.1, 0.15) is 11.2 Å². The van der Waals surface area contributed by atoms with Crippen LogP contribution in [0.5, 0.6) is 0 Å². The minimum absolute atomic E-state index is 0.105. The molecule has 4 nitrogen and oxygen atoms in total. The van der Waals surface area contributed by atoms with Gasteiger partial charge in [-0.15, -0.1) is 0 Å². The van der Waals surface area contributed by atoms with E-state index in [1.54, 1.807) is 0 Å². The number of carbonyl (C=O) groups excluding carboxylic acids is 2. The number of alkyl halides is 3. The summed E-state index contributed by atoms with van der Waals surface area (Å²) in [5, 5.41) is 0. The van der Waals surface area contributed by atoms with Crippen molar-refractivity contribution in [3.05, 3.63) is 0 Å². The quantitative estimate of drug-likeness (QED) is 0.482. The third kappa shape index (κ3) is 4.75. The highest BCUT2D eigenvalue weighted by Gasteiger charge is 2.63. The van der Waals surface area contributed by atoms with Crippen molar-refractivity contribution in [3.63, 3.8) is 0 Å². The van der Waals surface area contributed by atoms with E-state index in [2.05, 4.69) is 20.8 Å². The summed E-state index contributed by atoms with van der Waals surface area (Å²) in [6.07, 6.45) is -1.23. The van der Waals surface area contributed by atoms with Gasteiger partial charge in [0.2, 0.25) is 0 Å². The van der Waals surface area contributed by atoms with E-state index in [0.717, 1.165) is 6.42 Å². The Morgan fingerprint density at radius 2 is 1.23 bits per heavy atom. The van der Waals surface area contributed by atoms with Gasteiger partial charge in [0, 0.05) is 6.42 Å². The Hall–Kier alpha value is -1.27. The first kappa shape index (κ1) is 24.4. The van der Waals surface area contributed by atoms with Gasteiger partial charge in [-0.3, -0.25) is 4.79 Å². The molecule has 4 aliphatic rings. The van der Waals surface area contributed by atoms with E-state index in [0.29, 0.717) is 32.1 Å². The maximum atomic E-state index is 13.6. The highest BCUT2D eigenvalue weighted by atomic mass is 19.4. The molecule has 178 valence electrons. The first-order valence-electron chi connectivity index (χ1n) is 11.3. The van der Waals surface area contributed by atoms with Crippen LogP contribution in [0.1, 0.15) is 93.4 Å². The fraction of sp³-hybridized carbons (Fsp3) is 0.917. The standard InChI is InChI=1S/C24H37F3O4/c1-19(2,3)13-21(7,20(4,5)6)17(28)30-22-9-15-8-16(10-22)12-23(11-15,14-22)31-18(29)24(25,26)27/h15-16H,8-14H2,1-7H3. The summed E-state index contributed by atoms with van der Waals surface area (Å²) in [4.78, 5) is 25.3. The molecular weight excluding hydrogens is 409 g/mol. The molecule has 4 fully saturated rings. The van der Waals surface area contributed by atoms with E-state index >= 15 is 0 Å². The number of ether oxygens (including phenoxy) is 2. The molecular formula is C24H37F3O4. The van der Waals surface area contributed by atoms with Gasteiger partial charge in [0.05, 0.1) is 5.41 Å². The Bertz CT molecular complexity index is 729. The Morgan fingerprint density at radius 1 is 0.806 bits per heavy atom. The average molecular weight is 447 g/mol. The Morgan fingerprint density at radius 3 is 1.58 bits per heavy atom. The van der Waals surface area contributed by atoms with E-state index in [-0.39, 0.29) is 35.1 Å². The molecule has 0 spiro atoms. The largest absolute Gasteiger partial charge is 0.490 e. The number of hydrogen-bond donors (Lipinski definition) is 0. The van der Waals surface area contributed by atoms with E-state index in [9.17, 15) is 22.8 Å². The average Bonchev–Trinajstić information content (AvgIpc) is 2.48. The van der Waals surface area contributed by atoms with Gasteiger partial charge >= 0.3 is 18.1 Å². The van der Waals surface area contributed by atoms with Crippen LogP contribution >= 0.6 is 0 Å². The van der Waals surface area contributed by atoms with Crippen LogP contribution < -0.4 is 0 Å². The number of esters is 2. The smallest absolute Gasteiger partial charge is 0.458 e. The fourth-order valence-corrected chi connectivity index (χ4v) is 6.60. The van der Waals surface area contributed by atoms with Gasteiger partial charge in [-0.05, 0) is 68.1 Å². The summed E-state index contributed by atoms with van der Waals surface area (Å²) in [6, 6.07) is 0. The van der Waals surface area contributed by atoms with Gasteiger partial charge in [-0.2, -0.15) is 13.2 Å². The minimum Gasteiger partial charge on any atom is -0.458 e. The van der Waals surface area contributed by atoms with Crippen molar-refractivity contribution in [2.24, 2.45) is 28.1 Å². The lowest BCUT2D eigenvalue weighted by Gasteiger charge is -2.60. The highest BCUT2D eigenvalue weighted by molar-refractivity contribution is 5.78. The molecule has 3 unspecified atom stereocenters. The van der Waals surface area contributed by atoms with Gasteiger partial charge < -0.3 is 9.47 Å². The molecule has 0 aromatic heterocycles. The highest BCUT2D eigenvalue weighted by Crippen LogP contribution is 2.61. The topological polar surface area (TPSA) is 52.6 Å². The van der Waals surface area contributed by atoms with Crippen molar-refractivity contribution >= 4 is 11.9 Å². The summed E-state index contributed by atoms with van der Waals surface area (Å²) < 4.78 is 50.1. The molecule has 0 saturated heterocycles. The van der Waals surface area contributed by atoms with Gasteiger partial charge in [0.25, 0.3) is 0 Å². The third-order valence-corrected chi connectivity index (χ3v) is 7.79. The molecule has 0 aliphatic heterocycles. The lowest BCUT2D eigenvalue weighted by molar-refractivity contribution is -0.256. The van der Waals surface area contributed by atoms with E-state index in [1.807, 2.05) is 27.7 Å². The first-order chi connectivity index (χ1) is 13.8. The lowest BCUT2D eigenvalue weighted by atomic mass is 9.52. The summed E-state index contributed by atoms with van der Waals surface area (Å²) >= 11 is 0. The normalized spacial score (nSPS) is 34.9. The molecule has 0 aromatic rings. The second-order valence-electron chi connectivity index (χ2n) is 12.9. The maximum absolute atomic E-state index is 13.6. The van der Waals surface area contributed by atoms with E-state index in [4.69, 9.17) is 9.47 Å². The molecule has 0 aromatic carbocycles. The van der Waals surface area contributed by atoms with Gasteiger partial charge in [-0.25, -0.2) is 4.79 Å². The summed E-state index contributed by atoms with van der Waals surface area (Å²) in [7, 11) is 0. The Labute approximate surface area is 183 Å². The molecule has 0 N–H and O–H groups in total. The number of hydrogen-bond acceptors (Lipinski definition) is 4. The van der Waals surface area contributed by atoms with Crippen LogP contribution in [0.2, 0.25) is 0 Å². The van der Waals surface area contributed by atoms with Gasteiger partial charge in [0.15, 0.2) is 0 Å². The summed E-state index contributed by atoms with van der Waals surface area (Å²) in [6.45, 7) is 14.2. The van der Waals surface area contributed by atoms with Crippen LogP contribution in [0, 0.1) is 28.1 Å². The summed E-state index contributed by atoms with van der Waals surface area (Å²) in [5.41, 5.74) is -3.26. The van der Waals surface area contributed by atoms with E-state index < -0.39 is 28.8 Å². The van der Waals surface area contributed by atoms with Crippen molar-refractivity contribution in [2.45, 2.75) is 111 Å². The molecule has 0 amide bonds. The van der Waals surface area contributed by atoms with E-state index in [1.165, 1.54) is 0 Å². The fourth-order valence-electron chi connectivity index (χ4n) is 6.60. The minimum atomic E-state index is -5.02. The lowest BCUT2D eigenvalue weighted by Crippen LogP contribution is -2.63. The molecule has 0 radical (unpaired) electrons. The number of halogens is 3. The van der Waals surface area contributed by atoms with Crippen molar-refractivity contribution in [1.29, 1.82) is 0 Å². The molecule has 7 heteroatoms. The molecule has 31 heavy (non-hydrogen) atoms. The van der Waals surface area contributed by atoms with Crippen LogP contribution in [-0.4, -0.2) is 29.3 Å². The molecule has 3 atom stereocenters. The molecule has 4 aliphatic carbocycles. The Balaban J connectivity index is 1.87. The van der Waals surface area contributed by atoms with Gasteiger partial charge in [-0.1, -0.05) is 41.5 Å². The molecule has 4 bridgehead atoms. The first-order valence-corrected chi connectivity index (χ1v) is 11.3. The van der Waals surface area contributed by atoms with Crippen molar-refractivity contribution in [3.8, 4) is 0 Å². The van der Waals surface area contributed by atoms with Crippen LogP contribution in [0.15, 0.2) is 0 Å². The van der Waals surface area contributed by atoms with Crippen molar-refractivity contribution in [1.82, 2.24) is 0 Å². The second-order valence-corrected chi connectivity index (χ2v) is 12.9. The Kier molecular flexibility index (Phi) is 5.59. The number of carbonyl (C=O) groups is 2. The molecule has 4 saturated carbocycles. The zero-order valence-electron chi connectivity index (χ0n) is 19.9. The van der Waals surface area contributed by atoms with Crippen molar-refractivity contribution < 1.29 is 32.2 Å². The maximum Gasteiger partial charge on any atom is 0.490 e. The zero-order valence-corrected chi connectivity index (χ0v) is 19.9. The predicted octanol–water partition coefficient (Wildman–Crippen LogP) is 6.22.